The zero-order chi connectivity index (χ0) is 23.7. The van der Waals surface area contributed by atoms with Crippen LogP contribution in [0, 0.1) is 29.1 Å². The molecule has 1 aliphatic heterocycles. The zero-order valence-corrected chi connectivity index (χ0v) is 20.9. The van der Waals surface area contributed by atoms with Gasteiger partial charge in [0, 0.05) is 31.6 Å². The van der Waals surface area contributed by atoms with Gasteiger partial charge < -0.3 is 15.4 Å². The Labute approximate surface area is 204 Å². The van der Waals surface area contributed by atoms with Gasteiger partial charge in [0.25, 0.3) is 0 Å². The second kappa shape index (κ2) is 9.98. The van der Waals surface area contributed by atoms with Crippen LogP contribution in [-0.4, -0.2) is 49.1 Å². The van der Waals surface area contributed by atoms with Gasteiger partial charge in [-0.1, -0.05) is 38.1 Å². The largest absolute Gasteiger partial charge is 0.379 e. The third-order valence-corrected chi connectivity index (χ3v) is 8.76. The third-order valence-electron chi connectivity index (χ3n) is 8.76. The molecule has 0 radical (unpaired) electrons. The molecule has 5 fully saturated rings. The molecule has 6 heteroatoms. The standard InChI is InChI=1S/C28H41N3O3/c1-19(2)25(30-27(33)28-14-22-11-23(15-28)13-24(12-22)16-28)26(32)29-17-20-3-5-21(6-4-20)18-31-7-9-34-10-8-31/h3-6,19,22-25H,7-18H2,1-2H3,(H,29,32)(H,30,33)/t22?,23?,24?,25-,28?/m1/s1. The van der Waals surface area contributed by atoms with Gasteiger partial charge in [-0.2, -0.15) is 0 Å². The first-order chi connectivity index (χ1) is 16.4. The highest BCUT2D eigenvalue weighted by atomic mass is 16.5. The maximum Gasteiger partial charge on any atom is 0.243 e. The van der Waals surface area contributed by atoms with Crippen molar-refractivity contribution in [2.75, 3.05) is 26.3 Å². The van der Waals surface area contributed by atoms with Crippen LogP contribution in [0.2, 0.25) is 0 Å². The summed E-state index contributed by atoms with van der Waals surface area (Å²) in [4.78, 5) is 29.0. The van der Waals surface area contributed by atoms with Crippen LogP contribution in [0.1, 0.15) is 63.5 Å². The summed E-state index contributed by atoms with van der Waals surface area (Å²) >= 11 is 0. The van der Waals surface area contributed by atoms with Crippen molar-refractivity contribution in [1.29, 1.82) is 0 Å². The maximum atomic E-state index is 13.5. The van der Waals surface area contributed by atoms with E-state index in [1.54, 1.807) is 0 Å². The van der Waals surface area contributed by atoms with E-state index >= 15 is 0 Å². The lowest BCUT2D eigenvalue weighted by Gasteiger charge is -2.55. The molecular formula is C28H41N3O3. The molecule has 2 amide bonds. The molecule has 186 valence electrons. The first kappa shape index (κ1) is 23.8. The predicted molar refractivity (Wildman–Crippen MR) is 132 cm³/mol. The van der Waals surface area contributed by atoms with E-state index in [1.807, 2.05) is 13.8 Å². The highest BCUT2D eigenvalue weighted by Crippen LogP contribution is 2.60. The van der Waals surface area contributed by atoms with E-state index in [9.17, 15) is 9.59 Å². The predicted octanol–water partition coefficient (Wildman–Crippen LogP) is 3.49. The molecule has 1 saturated heterocycles. The second-order valence-electron chi connectivity index (χ2n) is 11.8. The Morgan fingerprint density at radius 1 is 0.971 bits per heavy atom. The summed E-state index contributed by atoms with van der Waals surface area (Å²) in [6, 6.07) is 7.99. The lowest BCUT2D eigenvalue weighted by molar-refractivity contribution is -0.149. The number of rotatable bonds is 8. The molecule has 0 unspecified atom stereocenters. The number of hydrogen-bond acceptors (Lipinski definition) is 4. The molecule has 6 nitrogen and oxygen atoms in total. The topological polar surface area (TPSA) is 70.7 Å². The number of carbonyl (C=O) groups excluding carboxylic acids is 2. The Morgan fingerprint density at radius 2 is 1.53 bits per heavy atom. The number of morpholine rings is 1. The summed E-state index contributed by atoms with van der Waals surface area (Å²) in [7, 11) is 0. The van der Waals surface area contributed by atoms with Crippen molar-refractivity contribution in [3.05, 3.63) is 35.4 Å². The fourth-order valence-electron chi connectivity index (χ4n) is 7.30. The first-order valence-corrected chi connectivity index (χ1v) is 13.4. The van der Waals surface area contributed by atoms with Gasteiger partial charge in [-0.3, -0.25) is 14.5 Å². The van der Waals surface area contributed by atoms with Gasteiger partial charge in [0.15, 0.2) is 0 Å². The number of hydrogen-bond donors (Lipinski definition) is 2. The monoisotopic (exact) mass is 467 g/mol. The summed E-state index contributed by atoms with van der Waals surface area (Å²) in [5, 5.41) is 6.28. The molecule has 4 aliphatic carbocycles. The van der Waals surface area contributed by atoms with E-state index in [4.69, 9.17) is 4.74 Å². The lowest BCUT2D eigenvalue weighted by Crippen LogP contribution is -2.58. The van der Waals surface area contributed by atoms with E-state index in [1.165, 1.54) is 24.8 Å². The van der Waals surface area contributed by atoms with Gasteiger partial charge in [-0.25, -0.2) is 0 Å². The highest BCUT2D eigenvalue weighted by Gasteiger charge is 2.55. The minimum atomic E-state index is -0.485. The van der Waals surface area contributed by atoms with Crippen molar-refractivity contribution in [2.24, 2.45) is 29.1 Å². The molecule has 0 spiro atoms. The Morgan fingerprint density at radius 3 is 2.09 bits per heavy atom. The van der Waals surface area contributed by atoms with Crippen LogP contribution in [-0.2, 0) is 27.4 Å². The fourth-order valence-corrected chi connectivity index (χ4v) is 7.30. The number of amides is 2. The van der Waals surface area contributed by atoms with Crippen LogP contribution in [0.3, 0.4) is 0 Å². The molecule has 0 aromatic heterocycles. The number of benzene rings is 1. The summed E-state index contributed by atoms with van der Waals surface area (Å²) in [6.07, 6.45) is 7.00. The molecule has 1 heterocycles. The molecule has 2 N–H and O–H groups in total. The van der Waals surface area contributed by atoms with Crippen molar-refractivity contribution >= 4 is 11.8 Å². The Bertz CT molecular complexity index is 840. The van der Waals surface area contributed by atoms with Gasteiger partial charge in [-0.15, -0.1) is 0 Å². The molecule has 34 heavy (non-hydrogen) atoms. The van der Waals surface area contributed by atoms with Gasteiger partial charge in [-0.05, 0) is 73.3 Å². The van der Waals surface area contributed by atoms with Gasteiger partial charge in [0.1, 0.15) is 6.04 Å². The highest BCUT2D eigenvalue weighted by molar-refractivity contribution is 5.90. The van der Waals surface area contributed by atoms with E-state index in [-0.39, 0.29) is 23.1 Å². The smallest absolute Gasteiger partial charge is 0.243 e. The molecule has 1 atom stereocenters. The van der Waals surface area contributed by atoms with E-state index in [2.05, 4.69) is 39.8 Å². The summed E-state index contributed by atoms with van der Waals surface area (Å²) in [5.41, 5.74) is 2.13. The zero-order valence-electron chi connectivity index (χ0n) is 20.9. The molecule has 4 bridgehead atoms. The third kappa shape index (κ3) is 5.18. The molecule has 1 aromatic rings. The lowest BCUT2D eigenvalue weighted by atomic mass is 9.49. The number of carbonyl (C=O) groups is 2. The number of nitrogens with one attached hydrogen (secondary N) is 2. The average molecular weight is 468 g/mol. The number of ether oxygens (including phenoxy) is 1. The van der Waals surface area contributed by atoms with Crippen molar-refractivity contribution in [3.8, 4) is 0 Å². The maximum absolute atomic E-state index is 13.5. The summed E-state index contributed by atoms with van der Waals surface area (Å²) in [5.74, 6) is 2.26. The quantitative estimate of drug-likeness (QED) is 0.614. The van der Waals surface area contributed by atoms with Crippen molar-refractivity contribution in [3.63, 3.8) is 0 Å². The average Bonchev–Trinajstić information content (AvgIpc) is 2.81. The first-order valence-electron chi connectivity index (χ1n) is 13.4. The summed E-state index contributed by atoms with van der Waals surface area (Å²) < 4.78 is 5.42. The normalized spacial score (nSPS) is 31.4. The molecule has 1 aromatic carbocycles. The van der Waals surface area contributed by atoms with Gasteiger partial charge in [0.2, 0.25) is 11.8 Å². The SMILES string of the molecule is CC(C)[C@@H](NC(=O)C12CC3CC(CC(C3)C1)C2)C(=O)NCc1ccc(CN2CCOCC2)cc1. The molecule has 4 saturated carbocycles. The number of nitrogens with zero attached hydrogens (tertiary/aromatic N) is 1. The molecule has 6 rings (SSSR count). The minimum Gasteiger partial charge on any atom is -0.379 e. The van der Waals surface area contributed by atoms with Crippen LogP contribution < -0.4 is 10.6 Å². The molecule has 5 aliphatic rings. The van der Waals surface area contributed by atoms with Crippen LogP contribution >= 0.6 is 0 Å². The van der Waals surface area contributed by atoms with E-state index < -0.39 is 6.04 Å². The van der Waals surface area contributed by atoms with E-state index in [0.717, 1.165) is 75.4 Å². The fraction of sp³-hybridized carbons (Fsp3) is 0.714. The Hall–Kier alpha value is -1.92. The van der Waals surface area contributed by atoms with Crippen molar-refractivity contribution in [1.82, 2.24) is 15.5 Å². The van der Waals surface area contributed by atoms with Crippen LogP contribution in [0.15, 0.2) is 24.3 Å². The van der Waals surface area contributed by atoms with Crippen molar-refractivity contribution in [2.45, 2.75) is 71.5 Å². The Kier molecular flexibility index (Phi) is 6.99. The van der Waals surface area contributed by atoms with Gasteiger partial charge in [0.05, 0.1) is 13.2 Å². The summed E-state index contributed by atoms with van der Waals surface area (Å²) in [6.45, 7) is 9.01. The van der Waals surface area contributed by atoms with Crippen molar-refractivity contribution < 1.29 is 14.3 Å². The van der Waals surface area contributed by atoms with Crippen LogP contribution in [0.5, 0.6) is 0 Å². The second-order valence-corrected chi connectivity index (χ2v) is 11.8. The van der Waals surface area contributed by atoms with E-state index in [0.29, 0.717) is 6.54 Å². The van der Waals surface area contributed by atoms with Gasteiger partial charge >= 0.3 is 0 Å². The van der Waals surface area contributed by atoms with Crippen LogP contribution in [0.4, 0.5) is 0 Å². The minimum absolute atomic E-state index is 0.0498. The van der Waals surface area contributed by atoms with Crippen LogP contribution in [0.25, 0.3) is 0 Å². The Balaban J connectivity index is 1.15. The molecular weight excluding hydrogens is 426 g/mol.